The van der Waals surface area contributed by atoms with Crippen LogP contribution in [0.4, 0.5) is 17.2 Å². The molecule has 2 saturated heterocycles. The highest BCUT2D eigenvalue weighted by Crippen LogP contribution is 2.35. The molecule has 1 aromatic carbocycles. The standard InChI is InChI=1S/C27H34N6O2/c1-17-10-11-27(2,35)16-33(17)18-6-9-24(30-14-18)32-23-8-7-19(21-15-31-26(34)25(21)23)20(13-28)22-5-3-4-12-29-22/h6-9,13-14,17,28-29,35H,3-5,10-12,15-16H2,1-2H3,(H,30,32)(H,31,34)/b22-20+,28-13?/t17-,27-/m1/s1. The van der Waals surface area contributed by atoms with Gasteiger partial charge in [-0.2, -0.15) is 0 Å². The molecule has 2 atom stereocenters. The van der Waals surface area contributed by atoms with Crippen molar-refractivity contribution in [1.82, 2.24) is 15.6 Å². The molecule has 5 rings (SSSR count). The van der Waals surface area contributed by atoms with Crippen molar-refractivity contribution in [3.8, 4) is 0 Å². The molecule has 0 spiro atoms. The number of carbonyl (C=O) groups excluding carboxylic acids is 1. The van der Waals surface area contributed by atoms with Crippen LogP contribution in [0.15, 0.2) is 36.2 Å². The third-order valence-electron chi connectivity index (χ3n) is 7.40. The zero-order valence-corrected chi connectivity index (χ0v) is 20.4. The molecule has 0 aliphatic carbocycles. The van der Waals surface area contributed by atoms with Crippen LogP contribution in [-0.4, -0.2) is 46.9 Å². The van der Waals surface area contributed by atoms with Gasteiger partial charge in [0.05, 0.1) is 28.7 Å². The number of benzene rings is 1. The van der Waals surface area contributed by atoms with Crippen molar-refractivity contribution in [2.24, 2.45) is 0 Å². The van der Waals surface area contributed by atoms with Crippen molar-refractivity contribution >= 4 is 34.9 Å². The number of fused-ring (bicyclic) bond motifs is 1. The van der Waals surface area contributed by atoms with Crippen molar-refractivity contribution in [3.63, 3.8) is 0 Å². The van der Waals surface area contributed by atoms with E-state index >= 15 is 0 Å². The summed E-state index contributed by atoms with van der Waals surface area (Å²) in [4.78, 5) is 19.6. The van der Waals surface area contributed by atoms with Crippen molar-refractivity contribution in [3.05, 3.63) is 52.8 Å². The third kappa shape index (κ3) is 4.62. The molecule has 0 bridgehead atoms. The monoisotopic (exact) mass is 474 g/mol. The summed E-state index contributed by atoms with van der Waals surface area (Å²) in [5.74, 6) is 0.538. The molecule has 3 aliphatic rings. The van der Waals surface area contributed by atoms with Gasteiger partial charge in [0, 0.05) is 43.2 Å². The first-order valence-electron chi connectivity index (χ1n) is 12.5. The smallest absolute Gasteiger partial charge is 0.254 e. The minimum atomic E-state index is -0.698. The Morgan fingerprint density at radius 1 is 1.29 bits per heavy atom. The van der Waals surface area contributed by atoms with Crippen LogP contribution in [0.1, 0.15) is 67.4 Å². The molecule has 2 aromatic rings. The minimum absolute atomic E-state index is 0.115. The van der Waals surface area contributed by atoms with Gasteiger partial charge in [-0.1, -0.05) is 6.07 Å². The first kappa shape index (κ1) is 23.4. The second-order valence-electron chi connectivity index (χ2n) is 10.2. The number of amides is 1. The van der Waals surface area contributed by atoms with Gasteiger partial charge in [-0.3, -0.25) is 4.79 Å². The fourth-order valence-corrected chi connectivity index (χ4v) is 5.41. The lowest BCUT2D eigenvalue weighted by atomic mass is 9.90. The topological polar surface area (TPSA) is 113 Å². The zero-order valence-electron chi connectivity index (χ0n) is 20.4. The number of β-amino-alcohol motifs (C(OH)–C–C–N with tert-alkyl or cyclic N) is 1. The van der Waals surface area contributed by atoms with Crippen molar-refractivity contribution in [2.75, 3.05) is 23.3 Å². The van der Waals surface area contributed by atoms with E-state index in [0.29, 0.717) is 36.2 Å². The van der Waals surface area contributed by atoms with Gasteiger partial charge in [0.25, 0.3) is 5.91 Å². The summed E-state index contributed by atoms with van der Waals surface area (Å²) in [5, 5.41) is 28.3. The summed E-state index contributed by atoms with van der Waals surface area (Å²) in [5.41, 5.74) is 5.39. The number of pyridine rings is 1. The predicted molar refractivity (Wildman–Crippen MR) is 139 cm³/mol. The molecule has 4 heterocycles. The molecule has 0 radical (unpaired) electrons. The molecule has 35 heavy (non-hydrogen) atoms. The number of aliphatic hydroxyl groups is 1. The summed E-state index contributed by atoms with van der Waals surface area (Å²) in [6.07, 6.45) is 8.12. The van der Waals surface area contributed by atoms with E-state index in [1.54, 1.807) is 0 Å². The summed E-state index contributed by atoms with van der Waals surface area (Å²) in [6.45, 7) is 6.00. The Hall–Kier alpha value is -3.39. The number of piperidine rings is 2. The number of hydrogen-bond donors (Lipinski definition) is 5. The van der Waals surface area contributed by atoms with Gasteiger partial charge in [-0.05, 0) is 75.3 Å². The highest BCUT2D eigenvalue weighted by Gasteiger charge is 2.33. The van der Waals surface area contributed by atoms with E-state index in [0.717, 1.165) is 66.7 Å². The minimum Gasteiger partial charge on any atom is -0.388 e. The van der Waals surface area contributed by atoms with E-state index in [9.17, 15) is 9.90 Å². The number of anilines is 3. The Balaban J connectivity index is 1.42. The van der Waals surface area contributed by atoms with Gasteiger partial charge < -0.3 is 31.4 Å². The van der Waals surface area contributed by atoms with Crippen LogP contribution < -0.4 is 20.9 Å². The van der Waals surface area contributed by atoms with Gasteiger partial charge >= 0.3 is 0 Å². The van der Waals surface area contributed by atoms with Crippen molar-refractivity contribution in [2.45, 2.75) is 64.1 Å². The third-order valence-corrected chi connectivity index (χ3v) is 7.40. The Bertz CT molecular complexity index is 1160. The number of rotatable bonds is 5. The lowest BCUT2D eigenvalue weighted by molar-refractivity contribution is 0.0378. The average Bonchev–Trinajstić information content (AvgIpc) is 3.26. The van der Waals surface area contributed by atoms with Gasteiger partial charge in [-0.15, -0.1) is 0 Å². The lowest BCUT2D eigenvalue weighted by Crippen LogP contribution is -2.50. The molecular weight excluding hydrogens is 440 g/mol. The zero-order chi connectivity index (χ0) is 24.6. The van der Waals surface area contributed by atoms with Crippen LogP contribution in [0.5, 0.6) is 0 Å². The molecule has 184 valence electrons. The van der Waals surface area contributed by atoms with Gasteiger partial charge in [-0.25, -0.2) is 4.98 Å². The highest BCUT2D eigenvalue weighted by atomic mass is 16.3. The van der Waals surface area contributed by atoms with Crippen LogP contribution in [0.2, 0.25) is 0 Å². The van der Waals surface area contributed by atoms with Crippen molar-refractivity contribution in [1.29, 1.82) is 5.41 Å². The highest BCUT2D eigenvalue weighted by molar-refractivity contribution is 6.13. The van der Waals surface area contributed by atoms with Crippen molar-refractivity contribution < 1.29 is 9.90 Å². The summed E-state index contributed by atoms with van der Waals surface area (Å²) in [6, 6.07) is 8.16. The molecule has 8 heteroatoms. The summed E-state index contributed by atoms with van der Waals surface area (Å²) >= 11 is 0. The average molecular weight is 475 g/mol. The maximum Gasteiger partial charge on any atom is 0.254 e. The van der Waals surface area contributed by atoms with Crippen LogP contribution in [0.25, 0.3) is 5.57 Å². The fourth-order valence-electron chi connectivity index (χ4n) is 5.41. The molecule has 2 fully saturated rings. The lowest BCUT2D eigenvalue weighted by Gasteiger charge is -2.42. The molecular formula is C27H34N6O2. The van der Waals surface area contributed by atoms with E-state index in [1.807, 2.05) is 37.4 Å². The van der Waals surface area contributed by atoms with Gasteiger partial charge in [0.2, 0.25) is 0 Å². The maximum atomic E-state index is 12.8. The SMILES string of the molecule is C[C@@H]1CC[C@@](C)(O)CN1c1ccc(Nc2ccc(/C(C=N)=C3\CCCCN3)c3c2C(=O)NC3)nc1. The summed E-state index contributed by atoms with van der Waals surface area (Å²) < 4.78 is 0. The Morgan fingerprint density at radius 3 is 2.86 bits per heavy atom. The molecule has 5 N–H and O–H groups in total. The Morgan fingerprint density at radius 2 is 2.14 bits per heavy atom. The van der Waals surface area contributed by atoms with Gasteiger partial charge in [0.15, 0.2) is 0 Å². The Kier molecular flexibility index (Phi) is 6.23. The number of carbonyl (C=O) groups is 1. The first-order valence-corrected chi connectivity index (χ1v) is 12.5. The molecule has 8 nitrogen and oxygen atoms in total. The number of allylic oxidation sites excluding steroid dienone is 2. The molecule has 0 saturated carbocycles. The van der Waals surface area contributed by atoms with Crippen LogP contribution in [-0.2, 0) is 6.54 Å². The van der Waals surface area contributed by atoms with E-state index in [-0.39, 0.29) is 5.91 Å². The van der Waals surface area contributed by atoms with Crippen LogP contribution in [0, 0.1) is 5.41 Å². The molecule has 0 unspecified atom stereocenters. The van der Waals surface area contributed by atoms with Crippen LogP contribution >= 0.6 is 0 Å². The van der Waals surface area contributed by atoms with Crippen LogP contribution in [0.3, 0.4) is 0 Å². The number of aromatic nitrogens is 1. The molecule has 3 aliphatic heterocycles. The van der Waals surface area contributed by atoms with Gasteiger partial charge in [0.1, 0.15) is 5.82 Å². The normalized spacial score (nSPS) is 25.4. The summed E-state index contributed by atoms with van der Waals surface area (Å²) in [7, 11) is 0. The quantitative estimate of drug-likeness (QED) is 0.420. The van der Waals surface area contributed by atoms with E-state index in [1.165, 1.54) is 6.21 Å². The second kappa shape index (κ2) is 9.34. The molecule has 1 amide bonds. The second-order valence-corrected chi connectivity index (χ2v) is 10.2. The molecule has 1 aromatic heterocycles. The Labute approximate surface area is 206 Å². The number of nitrogens with zero attached hydrogens (tertiary/aromatic N) is 2. The van der Waals surface area contributed by atoms with E-state index in [2.05, 4.69) is 32.8 Å². The fraction of sp³-hybridized carbons (Fsp3) is 0.444. The largest absolute Gasteiger partial charge is 0.388 e. The first-order chi connectivity index (χ1) is 16.9. The number of nitrogens with one attached hydrogen (secondary N) is 4. The van der Waals surface area contributed by atoms with E-state index in [4.69, 9.17) is 5.41 Å². The predicted octanol–water partition coefficient (Wildman–Crippen LogP) is 3.94. The van der Waals surface area contributed by atoms with E-state index < -0.39 is 5.60 Å². The maximum absolute atomic E-state index is 12.8. The number of hydrogen-bond acceptors (Lipinski definition) is 7.